The zero-order valence-corrected chi connectivity index (χ0v) is 19.2. The molecule has 6 heteroatoms. The summed E-state index contributed by atoms with van der Waals surface area (Å²) in [5, 5.41) is 0.112. The number of carbonyl (C=O) groups is 1. The Balaban J connectivity index is 1.73. The predicted octanol–water partition coefficient (Wildman–Crippen LogP) is 6.09. The first-order valence-electron chi connectivity index (χ1n) is 11.3. The highest BCUT2D eigenvalue weighted by Gasteiger charge is 2.43. The van der Waals surface area contributed by atoms with Gasteiger partial charge in [-0.05, 0) is 79.4 Å². The van der Waals surface area contributed by atoms with E-state index in [0.717, 1.165) is 29.2 Å². The van der Waals surface area contributed by atoms with Crippen LogP contribution in [0.4, 0.5) is 10.1 Å². The number of hydrogen-bond acceptors (Lipinski definition) is 4. The number of hydrogen-bond donors (Lipinski definition) is 0. The lowest BCUT2D eigenvalue weighted by Crippen LogP contribution is -2.29. The van der Waals surface area contributed by atoms with E-state index in [-0.39, 0.29) is 22.3 Å². The normalized spacial score (nSPS) is 15.1. The molecule has 1 aromatic heterocycles. The van der Waals surface area contributed by atoms with Crippen LogP contribution in [-0.4, -0.2) is 12.5 Å². The first-order valence-corrected chi connectivity index (χ1v) is 11.3. The SMILES string of the molecule is CCCOc1ccc(C2c3c(oc4ccc(F)cc4c3=O)C(=O)N2c2ccc(C)c(C)c2)cc1. The number of carbonyl (C=O) groups excluding carboxylic acids is 1. The van der Waals surface area contributed by atoms with Crippen LogP contribution in [0.15, 0.2) is 69.9 Å². The summed E-state index contributed by atoms with van der Waals surface area (Å²) < 4.78 is 25.6. The first kappa shape index (κ1) is 21.9. The second kappa shape index (κ2) is 8.45. The van der Waals surface area contributed by atoms with Gasteiger partial charge < -0.3 is 9.15 Å². The molecule has 1 atom stereocenters. The van der Waals surface area contributed by atoms with Crippen molar-refractivity contribution < 1.29 is 18.3 Å². The molecule has 0 bridgehead atoms. The van der Waals surface area contributed by atoms with E-state index in [1.54, 1.807) is 4.90 Å². The first-order chi connectivity index (χ1) is 16.4. The summed E-state index contributed by atoms with van der Waals surface area (Å²) in [6, 6.07) is 16.1. The molecule has 0 saturated heterocycles. The number of anilines is 1. The maximum Gasteiger partial charge on any atom is 0.295 e. The van der Waals surface area contributed by atoms with E-state index in [9.17, 15) is 14.0 Å². The maximum atomic E-state index is 14.0. The number of aryl methyl sites for hydroxylation is 2. The fourth-order valence-corrected chi connectivity index (χ4v) is 4.37. The molecule has 3 aromatic carbocycles. The van der Waals surface area contributed by atoms with E-state index in [0.29, 0.717) is 18.0 Å². The minimum absolute atomic E-state index is 0.0151. The van der Waals surface area contributed by atoms with Crippen LogP contribution in [0.25, 0.3) is 11.0 Å². The van der Waals surface area contributed by atoms with E-state index in [1.807, 2.05) is 63.2 Å². The molecule has 0 N–H and O–H groups in total. The van der Waals surface area contributed by atoms with Gasteiger partial charge in [-0.2, -0.15) is 0 Å². The summed E-state index contributed by atoms with van der Waals surface area (Å²) in [4.78, 5) is 28.8. The van der Waals surface area contributed by atoms with Crippen LogP contribution >= 0.6 is 0 Å². The summed E-state index contributed by atoms with van der Waals surface area (Å²) in [6.07, 6.45) is 0.886. The summed E-state index contributed by atoms with van der Waals surface area (Å²) in [6.45, 7) is 6.60. The zero-order chi connectivity index (χ0) is 24.0. The number of amides is 1. The zero-order valence-electron chi connectivity index (χ0n) is 19.2. The van der Waals surface area contributed by atoms with Gasteiger partial charge in [0.15, 0.2) is 5.43 Å². The number of fused-ring (bicyclic) bond motifs is 2. The van der Waals surface area contributed by atoms with Crippen molar-refractivity contribution in [2.45, 2.75) is 33.2 Å². The number of nitrogens with zero attached hydrogens (tertiary/aromatic N) is 1. The van der Waals surface area contributed by atoms with Crippen molar-refractivity contribution in [3.63, 3.8) is 0 Å². The summed E-state index contributed by atoms with van der Waals surface area (Å²) >= 11 is 0. The average molecular weight is 458 g/mol. The maximum absolute atomic E-state index is 14.0. The van der Waals surface area contributed by atoms with Gasteiger partial charge in [-0.1, -0.05) is 25.1 Å². The standard InChI is InChI=1S/C28H24FNO4/c1-4-13-33-21-10-6-18(7-11-21)25-24-26(31)22-15-19(29)8-12-23(22)34-27(24)28(32)30(25)20-9-5-16(2)17(3)14-20/h5-12,14-15,25H,4,13H2,1-3H3. The van der Waals surface area contributed by atoms with Crippen molar-refractivity contribution in [1.82, 2.24) is 0 Å². The van der Waals surface area contributed by atoms with E-state index in [4.69, 9.17) is 9.15 Å². The molecule has 2 heterocycles. The Bertz CT molecular complexity index is 1470. The molecule has 1 aliphatic heterocycles. The Morgan fingerprint density at radius 1 is 0.971 bits per heavy atom. The molecule has 0 saturated carbocycles. The van der Waals surface area contributed by atoms with E-state index < -0.39 is 23.2 Å². The summed E-state index contributed by atoms with van der Waals surface area (Å²) in [7, 11) is 0. The number of rotatable bonds is 5. The van der Waals surface area contributed by atoms with Crippen molar-refractivity contribution in [1.29, 1.82) is 0 Å². The molecule has 4 aromatic rings. The average Bonchev–Trinajstić information content (AvgIpc) is 3.13. The highest BCUT2D eigenvalue weighted by atomic mass is 19.1. The molecule has 5 rings (SSSR count). The fraction of sp³-hybridized carbons (Fsp3) is 0.214. The minimum atomic E-state index is -0.714. The molecule has 0 aliphatic carbocycles. The Labute approximate surface area is 196 Å². The molecule has 34 heavy (non-hydrogen) atoms. The van der Waals surface area contributed by atoms with Crippen molar-refractivity contribution >= 4 is 22.6 Å². The minimum Gasteiger partial charge on any atom is -0.494 e. The van der Waals surface area contributed by atoms with Crippen LogP contribution in [-0.2, 0) is 0 Å². The van der Waals surface area contributed by atoms with Crippen molar-refractivity contribution in [3.8, 4) is 5.75 Å². The summed E-state index contributed by atoms with van der Waals surface area (Å²) in [5.74, 6) is -0.249. The lowest BCUT2D eigenvalue weighted by atomic mass is 9.97. The molecule has 0 fully saturated rings. The third-order valence-electron chi connectivity index (χ3n) is 6.27. The molecular formula is C28H24FNO4. The van der Waals surface area contributed by atoms with Crippen LogP contribution in [0.2, 0.25) is 0 Å². The topological polar surface area (TPSA) is 59.8 Å². The van der Waals surface area contributed by atoms with Crippen LogP contribution < -0.4 is 15.1 Å². The van der Waals surface area contributed by atoms with Crippen LogP contribution in [0.5, 0.6) is 5.75 Å². The second-order valence-electron chi connectivity index (χ2n) is 8.58. The lowest BCUT2D eigenvalue weighted by Gasteiger charge is -2.26. The Morgan fingerprint density at radius 3 is 2.44 bits per heavy atom. The van der Waals surface area contributed by atoms with Gasteiger partial charge in [-0.3, -0.25) is 14.5 Å². The molecular weight excluding hydrogens is 433 g/mol. The molecule has 0 spiro atoms. The van der Waals surface area contributed by atoms with Crippen molar-refractivity contribution in [3.05, 3.63) is 105 Å². The van der Waals surface area contributed by atoms with E-state index in [2.05, 4.69) is 0 Å². The number of benzene rings is 3. The van der Waals surface area contributed by atoms with Gasteiger partial charge in [0.2, 0.25) is 5.76 Å². The van der Waals surface area contributed by atoms with Crippen LogP contribution in [0.3, 0.4) is 0 Å². The van der Waals surface area contributed by atoms with Crippen LogP contribution in [0, 0.1) is 19.7 Å². The second-order valence-corrected chi connectivity index (χ2v) is 8.58. The molecule has 5 nitrogen and oxygen atoms in total. The predicted molar refractivity (Wildman–Crippen MR) is 129 cm³/mol. The van der Waals surface area contributed by atoms with Gasteiger partial charge >= 0.3 is 0 Å². The van der Waals surface area contributed by atoms with Gasteiger partial charge in [0, 0.05) is 5.69 Å². The number of halogens is 1. The highest BCUT2D eigenvalue weighted by Crippen LogP contribution is 2.42. The largest absolute Gasteiger partial charge is 0.494 e. The van der Waals surface area contributed by atoms with Gasteiger partial charge in [0.05, 0.1) is 23.6 Å². The quantitative estimate of drug-likeness (QED) is 0.364. The van der Waals surface area contributed by atoms with Gasteiger partial charge in [-0.25, -0.2) is 4.39 Å². The third-order valence-corrected chi connectivity index (χ3v) is 6.27. The molecule has 1 amide bonds. The highest BCUT2D eigenvalue weighted by molar-refractivity contribution is 6.10. The number of ether oxygens (including phenoxy) is 1. The van der Waals surface area contributed by atoms with Gasteiger partial charge in [-0.15, -0.1) is 0 Å². The Morgan fingerprint density at radius 2 is 1.74 bits per heavy atom. The molecule has 1 unspecified atom stereocenters. The monoisotopic (exact) mass is 457 g/mol. The van der Waals surface area contributed by atoms with Gasteiger partial charge in [0.1, 0.15) is 17.1 Å². The Hall–Kier alpha value is -3.93. The molecule has 1 aliphatic rings. The lowest BCUT2D eigenvalue weighted by molar-refractivity contribution is 0.0971. The van der Waals surface area contributed by atoms with Crippen molar-refractivity contribution in [2.75, 3.05) is 11.5 Å². The van der Waals surface area contributed by atoms with Gasteiger partial charge in [0.25, 0.3) is 5.91 Å². The molecule has 172 valence electrons. The Kier molecular flexibility index (Phi) is 5.44. The molecule has 0 radical (unpaired) electrons. The van der Waals surface area contributed by atoms with Crippen LogP contribution in [0.1, 0.15) is 52.2 Å². The van der Waals surface area contributed by atoms with E-state index >= 15 is 0 Å². The fourth-order valence-electron chi connectivity index (χ4n) is 4.37. The van der Waals surface area contributed by atoms with Crippen molar-refractivity contribution in [2.24, 2.45) is 0 Å². The smallest absolute Gasteiger partial charge is 0.295 e. The van der Waals surface area contributed by atoms with E-state index in [1.165, 1.54) is 12.1 Å². The summed E-state index contributed by atoms with van der Waals surface area (Å²) in [5.41, 5.74) is 3.49. The third kappa shape index (κ3) is 3.55.